The molecular formula is C10H11ClO2S. The Labute approximate surface area is 92.3 Å². The Morgan fingerprint density at radius 2 is 2.14 bits per heavy atom. The molecule has 0 atom stereocenters. The maximum absolute atomic E-state index is 10.9. The van der Waals surface area contributed by atoms with Gasteiger partial charge in [0.05, 0.1) is 10.6 Å². The van der Waals surface area contributed by atoms with Crippen molar-refractivity contribution >= 4 is 29.3 Å². The van der Waals surface area contributed by atoms with Crippen LogP contribution >= 0.6 is 23.4 Å². The minimum absolute atomic E-state index is 0.202. The quantitative estimate of drug-likeness (QED) is 0.807. The molecule has 4 heteroatoms. The fourth-order valence-electron chi connectivity index (χ4n) is 1.06. The van der Waals surface area contributed by atoms with E-state index in [-0.39, 0.29) is 5.56 Å². The van der Waals surface area contributed by atoms with Crippen LogP contribution in [0, 0.1) is 0 Å². The zero-order valence-corrected chi connectivity index (χ0v) is 9.52. The van der Waals surface area contributed by atoms with Gasteiger partial charge in [-0.3, -0.25) is 0 Å². The number of halogens is 1. The lowest BCUT2D eigenvalue weighted by Crippen LogP contribution is -2.01. The van der Waals surface area contributed by atoms with Crippen LogP contribution < -0.4 is 0 Å². The smallest absolute Gasteiger partial charge is 0.338 e. The van der Waals surface area contributed by atoms with Crippen LogP contribution in [0.25, 0.3) is 0 Å². The summed E-state index contributed by atoms with van der Waals surface area (Å²) in [5, 5.41) is 9.60. The summed E-state index contributed by atoms with van der Waals surface area (Å²) in [5.41, 5.74) is 0.202. The third-order valence-corrected chi connectivity index (χ3v) is 2.93. The lowest BCUT2D eigenvalue weighted by molar-refractivity contribution is 0.0693. The Kier molecular flexibility index (Phi) is 3.84. The highest BCUT2D eigenvalue weighted by Gasteiger charge is 2.15. The second-order valence-corrected chi connectivity index (χ2v) is 5.11. The molecule has 1 aromatic carbocycles. The first kappa shape index (κ1) is 11.4. The number of hydrogen-bond acceptors (Lipinski definition) is 2. The molecule has 0 spiro atoms. The summed E-state index contributed by atoms with van der Waals surface area (Å²) in [6, 6.07) is 5.13. The van der Waals surface area contributed by atoms with Gasteiger partial charge in [-0.1, -0.05) is 31.5 Å². The van der Waals surface area contributed by atoms with Crippen LogP contribution in [0.4, 0.5) is 0 Å². The Morgan fingerprint density at radius 3 is 2.64 bits per heavy atom. The molecule has 0 bridgehead atoms. The molecule has 0 radical (unpaired) electrons. The maximum Gasteiger partial charge on any atom is 0.338 e. The third-order valence-electron chi connectivity index (χ3n) is 1.55. The van der Waals surface area contributed by atoms with Crippen molar-refractivity contribution in [2.24, 2.45) is 0 Å². The molecule has 1 N–H and O–H groups in total. The number of carboxylic acids is 1. The number of benzene rings is 1. The van der Waals surface area contributed by atoms with Crippen molar-refractivity contribution in [1.29, 1.82) is 0 Å². The molecule has 0 heterocycles. The number of thioether (sulfide) groups is 1. The first-order valence-electron chi connectivity index (χ1n) is 4.21. The largest absolute Gasteiger partial charge is 0.478 e. The molecule has 0 aliphatic rings. The van der Waals surface area contributed by atoms with Crippen LogP contribution in [0.3, 0.4) is 0 Å². The van der Waals surface area contributed by atoms with Gasteiger partial charge in [0.2, 0.25) is 0 Å². The van der Waals surface area contributed by atoms with Crippen molar-refractivity contribution < 1.29 is 9.90 Å². The van der Waals surface area contributed by atoms with Crippen LogP contribution in [0.5, 0.6) is 0 Å². The van der Waals surface area contributed by atoms with Crippen LogP contribution in [-0.2, 0) is 0 Å². The van der Waals surface area contributed by atoms with E-state index < -0.39 is 5.97 Å². The van der Waals surface area contributed by atoms with Crippen molar-refractivity contribution in [3.8, 4) is 0 Å². The topological polar surface area (TPSA) is 37.3 Å². The predicted octanol–water partition coefficient (Wildman–Crippen LogP) is 3.54. The number of hydrogen-bond donors (Lipinski definition) is 1. The first-order chi connectivity index (χ1) is 6.52. The molecule has 0 aromatic heterocycles. The Hall–Kier alpha value is -0.670. The number of rotatable bonds is 3. The van der Waals surface area contributed by atoms with Gasteiger partial charge in [-0.2, -0.15) is 0 Å². The van der Waals surface area contributed by atoms with Crippen molar-refractivity contribution in [2.45, 2.75) is 24.0 Å². The molecule has 0 amide bonds. The lowest BCUT2D eigenvalue weighted by Gasteiger charge is -2.09. The van der Waals surface area contributed by atoms with E-state index in [2.05, 4.69) is 0 Å². The predicted molar refractivity (Wildman–Crippen MR) is 59.4 cm³/mol. The molecule has 14 heavy (non-hydrogen) atoms. The second kappa shape index (κ2) is 4.71. The molecule has 0 fully saturated rings. The Balaban J connectivity index is 3.14. The zero-order chi connectivity index (χ0) is 10.7. The molecule has 0 saturated heterocycles. The minimum Gasteiger partial charge on any atom is -0.478 e. The summed E-state index contributed by atoms with van der Waals surface area (Å²) >= 11 is 7.32. The van der Waals surface area contributed by atoms with E-state index in [9.17, 15) is 4.79 Å². The van der Waals surface area contributed by atoms with Gasteiger partial charge in [0.15, 0.2) is 0 Å². The highest BCUT2D eigenvalue weighted by Crippen LogP contribution is 2.30. The molecule has 76 valence electrons. The van der Waals surface area contributed by atoms with Crippen LogP contribution in [-0.4, -0.2) is 16.3 Å². The van der Waals surface area contributed by atoms with Gasteiger partial charge in [0.25, 0.3) is 0 Å². The molecule has 1 aromatic rings. The molecule has 1 rings (SSSR count). The molecule has 0 aliphatic heterocycles. The van der Waals surface area contributed by atoms with Gasteiger partial charge in [-0.25, -0.2) is 4.79 Å². The minimum atomic E-state index is -0.973. The van der Waals surface area contributed by atoms with Crippen molar-refractivity contribution in [3.05, 3.63) is 28.8 Å². The summed E-state index contributed by atoms with van der Waals surface area (Å²) in [6.07, 6.45) is 0. The summed E-state index contributed by atoms with van der Waals surface area (Å²) in [4.78, 5) is 11.6. The van der Waals surface area contributed by atoms with E-state index in [0.717, 1.165) is 4.90 Å². The van der Waals surface area contributed by atoms with Crippen molar-refractivity contribution in [3.63, 3.8) is 0 Å². The fraction of sp³-hybridized carbons (Fsp3) is 0.300. The highest BCUT2D eigenvalue weighted by atomic mass is 35.5. The monoisotopic (exact) mass is 230 g/mol. The fourth-order valence-corrected chi connectivity index (χ4v) is 2.36. The first-order valence-corrected chi connectivity index (χ1v) is 5.46. The van der Waals surface area contributed by atoms with E-state index in [1.807, 2.05) is 13.8 Å². The van der Waals surface area contributed by atoms with Crippen molar-refractivity contribution in [1.82, 2.24) is 0 Å². The number of carbonyl (C=O) groups is 1. The van der Waals surface area contributed by atoms with E-state index in [1.54, 1.807) is 18.2 Å². The summed E-state index contributed by atoms with van der Waals surface area (Å²) in [6.45, 7) is 4.02. The SMILES string of the molecule is CC(C)Sc1cccc(Cl)c1C(=O)O. The highest BCUT2D eigenvalue weighted by molar-refractivity contribution is 8.00. The number of aromatic carboxylic acids is 1. The van der Waals surface area contributed by atoms with E-state index in [1.165, 1.54) is 11.8 Å². The zero-order valence-electron chi connectivity index (χ0n) is 7.95. The van der Waals surface area contributed by atoms with E-state index in [0.29, 0.717) is 10.3 Å². The van der Waals surface area contributed by atoms with Gasteiger partial charge in [0.1, 0.15) is 0 Å². The third kappa shape index (κ3) is 2.66. The average molecular weight is 231 g/mol. The average Bonchev–Trinajstić information content (AvgIpc) is 2.01. The van der Waals surface area contributed by atoms with Gasteiger partial charge in [-0.15, -0.1) is 11.8 Å². The van der Waals surface area contributed by atoms with Crippen LogP contribution in [0.15, 0.2) is 23.1 Å². The van der Waals surface area contributed by atoms with Crippen LogP contribution in [0.2, 0.25) is 5.02 Å². The normalized spacial score (nSPS) is 10.6. The molecular weight excluding hydrogens is 220 g/mol. The van der Waals surface area contributed by atoms with E-state index in [4.69, 9.17) is 16.7 Å². The molecule has 0 saturated carbocycles. The Morgan fingerprint density at radius 1 is 1.50 bits per heavy atom. The number of carboxylic acid groups (broad SMARTS) is 1. The standard InChI is InChI=1S/C10H11ClO2S/c1-6(2)14-8-5-3-4-7(11)9(8)10(12)13/h3-6H,1-2H3,(H,12,13). The van der Waals surface area contributed by atoms with Crippen LogP contribution in [0.1, 0.15) is 24.2 Å². The van der Waals surface area contributed by atoms with E-state index >= 15 is 0 Å². The lowest BCUT2D eigenvalue weighted by atomic mass is 10.2. The van der Waals surface area contributed by atoms with Gasteiger partial charge in [-0.05, 0) is 12.1 Å². The van der Waals surface area contributed by atoms with Crippen molar-refractivity contribution in [2.75, 3.05) is 0 Å². The summed E-state index contributed by atoms with van der Waals surface area (Å²) < 4.78 is 0. The van der Waals surface area contributed by atoms with Gasteiger partial charge >= 0.3 is 5.97 Å². The molecule has 0 unspecified atom stereocenters. The molecule has 0 aliphatic carbocycles. The second-order valence-electron chi connectivity index (χ2n) is 3.08. The Bertz CT molecular complexity index is 350. The van der Waals surface area contributed by atoms with Gasteiger partial charge in [0, 0.05) is 10.1 Å². The summed E-state index contributed by atoms with van der Waals surface area (Å²) in [5.74, 6) is -0.973. The molecule has 2 nitrogen and oxygen atoms in total. The maximum atomic E-state index is 10.9. The van der Waals surface area contributed by atoms with Gasteiger partial charge < -0.3 is 5.11 Å². The summed E-state index contributed by atoms with van der Waals surface area (Å²) in [7, 11) is 0.